The summed E-state index contributed by atoms with van der Waals surface area (Å²) >= 11 is 0. The fourth-order valence-corrected chi connectivity index (χ4v) is 3.19. The zero-order valence-corrected chi connectivity index (χ0v) is 15.6. The standard InChI is InChI=1S/C19H24N4O4/c1-26-16-7-5-6-15(10-16)23-13-14(12-21-23)11-20-18(24)17-8-3-4-9-22(17)19(25)27-2/h5-7,10,12-13,17H,3-4,8-9,11H2,1-2H3,(H,20,24). The molecule has 8 nitrogen and oxygen atoms in total. The molecule has 1 aliphatic heterocycles. The summed E-state index contributed by atoms with van der Waals surface area (Å²) in [5.41, 5.74) is 1.74. The summed E-state index contributed by atoms with van der Waals surface area (Å²) < 4.78 is 11.7. The minimum absolute atomic E-state index is 0.172. The van der Waals surface area contributed by atoms with E-state index in [0.29, 0.717) is 19.5 Å². The fourth-order valence-electron chi connectivity index (χ4n) is 3.19. The number of nitrogens with one attached hydrogen (secondary N) is 1. The van der Waals surface area contributed by atoms with Crippen LogP contribution >= 0.6 is 0 Å². The van der Waals surface area contributed by atoms with E-state index in [4.69, 9.17) is 9.47 Å². The van der Waals surface area contributed by atoms with Crippen LogP contribution in [0.4, 0.5) is 4.79 Å². The molecule has 8 heteroatoms. The Kier molecular flexibility index (Phi) is 5.95. The molecule has 144 valence electrons. The molecule has 0 radical (unpaired) electrons. The molecule has 1 aromatic heterocycles. The molecule has 2 aromatic rings. The summed E-state index contributed by atoms with van der Waals surface area (Å²) in [7, 11) is 2.95. The lowest BCUT2D eigenvalue weighted by molar-refractivity contribution is -0.127. The van der Waals surface area contributed by atoms with Crippen LogP contribution in [0.25, 0.3) is 5.69 Å². The van der Waals surface area contributed by atoms with Crippen molar-refractivity contribution in [3.05, 3.63) is 42.2 Å². The second-order valence-corrected chi connectivity index (χ2v) is 6.39. The van der Waals surface area contributed by atoms with Crippen LogP contribution in [0.5, 0.6) is 5.75 Å². The van der Waals surface area contributed by atoms with Crippen LogP contribution in [0.2, 0.25) is 0 Å². The zero-order valence-electron chi connectivity index (χ0n) is 15.6. The summed E-state index contributed by atoms with van der Waals surface area (Å²) in [6.07, 6.45) is 5.54. The van der Waals surface area contributed by atoms with Crippen molar-refractivity contribution in [3.8, 4) is 11.4 Å². The Morgan fingerprint density at radius 3 is 2.93 bits per heavy atom. The number of piperidine rings is 1. The van der Waals surface area contributed by atoms with E-state index in [-0.39, 0.29) is 5.91 Å². The maximum absolute atomic E-state index is 12.6. The molecule has 1 N–H and O–H groups in total. The van der Waals surface area contributed by atoms with Crippen LogP contribution in [-0.2, 0) is 16.1 Å². The Morgan fingerprint density at radius 2 is 2.15 bits per heavy atom. The summed E-state index contributed by atoms with van der Waals surface area (Å²) in [5, 5.41) is 7.23. The summed E-state index contributed by atoms with van der Waals surface area (Å²) in [4.78, 5) is 25.9. The molecule has 27 heavy (non-hydrogen) atoms. The molecule has 0 saturated carbocycles. The molecule has 0 aliphatic carbocycles. The number of amides is 2. The van der Waals surface area contributed by atoms with Gasteiger partial charge in [-0.05, 0) is 31.4 Å². The highest BCUT2D eigenvalue weighted by Gasteiger charge is 2.32. The lowest BCUT2D eigenvalue weighted by Crippen LogP contribution is -2.51. The third-order valence-electron chi connectivity index (χ3n) is 4.64. The van der Waals surface area contributed by atoms with Crippen LogP contribution in [0.1, 0.15) is 24.8 Å². The molecule has 1 atom stereocenters. The topological polar surface area (TPSA) is 85.7 Å². The summed E-state index contributed by atoms with van der Waals surface area (Å²) in [6.45, 7) is 0.882. The van der Waals surface area contributed by atoms with E-state index in [1.807, 2.05) is 30.5 Å². The van der Waals surface area contributed by atoms with Gasteiger partial charge in [-0.3, -0.25) is 9.69 Å². The zero-order chi connectivity index (χ0) is 19.2. The third kappa shape index (κ3) is 4.39. The number of carbonyl (C=O) groups excluding carboxylic acids is 2. The lowest BCUT2D eigenvalue weighted by Gasteiger charge is -2.33. The Balaban J connectivity index is 1.62. The number of rotatable bonds is 5. The predicted molar refractivity (Wildman–Crippen MR) is 98.7 cm³/mol. The highest BCUT2D eigenvalue weighted by Crippen LogP contribution is 2.19. The Hall–Kier alpha value is -3.03. The van der Waals surface area contributed by atoms with Crippen molar-refractivity contribution in [2.24, 2.45) is 0 Å². The van der Waals surface area contributed by atoms with Gasteiger partial charge in [-0.1, -0.05) is 6.07 Å². The van der Waals surface area contributed by atoms with Gasteiger partial charge in [0.25, 0.3) is 0 Å². The fraction of sp³-hybridized carbons (Fsp3) is 0.421. The Morgan fingerprint density at radius 1 is 1.30 bits per heavy atom. The first-order valence-corrected chi connectivity index (χ1v) is 8.92. The van der Waals surface area contributed by atoms with E-state index in [2.05, 4.69) is 10.4 Å². The average Bonchev–Trinajstić information content (AvgIpc) is 3.20. The number of methoxy groups -OCH3 is 2. The number of aromatic nitrogens is 2. The van der Waals surface area contributed by atoms with Gasteiger partial charge in [0.15, 0.2) is 0 Å². The maximum atomic E-state index is 12.6. The van der Waals surface area contributed by atoms with Crippen molar-refractivity contribution in [1.82, 2.24) is 20.0 Å². The number of nitrogens with zero attached hydrogens (tertiary/aromatic N) is 3. The van der Waals surface area contributed by atoms with Crippen LogP contribution in [-0.4, -0.2) is 53.5 Å². The number of hydrogen-bond donors (Lipinski definition) is 1. The van der Waals surface area contributed by atoms with Crippen LogP contribution in [0, 0.1) is 0 Å². The maximum Gasteiger partial charge on any atom is 0.410 e. The molecule has 1 aromatic carbocycles. The minimum atomic E-state index is -0.486. The van der Waals surface area contributed by atoms with Crippen molar-refractivity contribution in [1.29, 1.82) is 0 Å². The third-order valence-corrected chi connectivity index (χ3v) is 4.64. The SMILES string of the molecule is COC(=O)N1CCCCC1C(=O)NCc1cnn(-c2cccc(OC)c2)c1. The molecule has 0 spiro atoms. The number of ether oxygens (including phenoxy) is 2. The van der Waals surface area contributed by atoms with Gasteiger partial charge in [0, 0.05) is 30.9 Å². The largest absolute Gasteiger partial charge is 0.497 e. The quantitative estimate of drug-likeness (QED) is 0.869. The Labute approximate surface area is 158 Å². The summed E-state index contributed by atoms with van der Waals surface area (Å²) in [5.74, 6) is 0.576. The van der Waals surface area contributed by atoms with E-state index in [9.17, 15) is 9.59 Å². The first-order valence-electron chi connectivity index (χ1n) is 8.92. The van der Waals surface area contributed by atoms with E-state index in [0.717, 1.165) is 29.8 Å². The van der Waals surface area contributed by atoms with Crippen molar-refractivity contribution in [2.45, 2.75) is 31.8 Å². The van der Waals surface area contributed by atoms with Crippen molar-refractivity contribution in [3.63, 3.8) is 0 Å². The van der Waals surface area contributed by atoms with E-state index in [1.165, 1.54) is 12.0 Å². The molecule has 0 bridgehead atoms. The molecule has 2 heterocycles. The highest BCUT2D eigenvalue weighted by molar-refractivity contribution is 5.85. The monoisotopic (exact) mass is 372 g/mol. The van der Waals surface area contributed by atoms with Gasteiger partial charge in [0.2, 0.25) is 5.91 Å². The normalized spacial score (nSPS) is 16.7. The number of hydrogen-bond acceptors (Lipinski definition) is 5. The first kappa shape index (κ1) is 18.8. The van der Waals surface area contributed by atoms with Crippen molar-refractivity contribution < 1.29 is 19.1 Å². The number of carbonyl (C=O) groups is 2. The molecular formula is C19H24N4O4. The molecule has 1 unspecified atom stereocenters. The lowest BCUT2D eigenvalue weighted by atomic mass is 10.0. The van der Waals surface area contributed by atoms with Gasteiger partial charge in [-0.15, -0.1) is 0 Å². The number of benzene rings is 1. The van der Waals surface area contributed by atoms with Gasteiger partial charge < -0.3 is 14.8 Å². The molecule has 1 aliphatic rings. The molecule has 2 amide bonds. The number of likely N-dealkylation sites (tertiary alicyclic amines) is 1. The average molecular weight is 372 g/mol. The van der Waals surface area contributed by atoms with Crippen LogP contribution < -0.4 is 10.1 Å². The van der Waals surface area contributed by atoms with Gasteiger partial charge in [-0.2, -0.15) is 5.10 Å². The van der Waals surface area contributed by atoms with Crippen molar-refractivity contribution in [2.75, 3.05) is 20.8 Å². The van der Waals surface area contributed by atoms with Gasteiger partial charge in [-0.25, -0.2) is 9.48 Å². The van der Waals surface area contributed by atoms with Crippen molar-refractivity contribution >= 4 is 12.0 Å². The smallest absolute Gasteiger partial charge is 0.410 e. The molecular weight excluding hydrogens is 348 g/mol. The minimum Gasteiger partial charge on any atom is -0.497 e. The molecule has 1 fully saturated rings. The highest BCUT2D eigenvalue weighted by atomic mass is 16.5. The Bertz CT molecular complexity index is 805. The van der Waals surface area contributed by atoms with Crippen LogP contribution in [0.15, 0.2) is 36.7 Å². The van der Waals surface area contributed by atoms with Gasteiger partial charge >= 0.3 is 6.09 Å². The second kappa shape index (κ2) is 8.57. The van der Waals surface area contributed by atoms with E-state index >= 15 is 0 Å². The van der Waals surface area contributed by atoms with E-state index in [1.54, 1.807) is 18.0 Å². The predicted octanol–water partition coefficient (Wildman–Crippen LogP) is 2.12. The second-order valence-electron chi connectivity index (χ2n) is 6.39. The van der Waals surface area contributed by atoms with E-state index < -0.39 is 12.1 Å². The van der Waals surface area contributed by atoms with Crippen LogP contribution in [0.3, 0.4) is 0 Å². The molecule has 1 saturated heterocycles. The molecule has 3 rings (SSSR count). The summed E-state index contributed by atoms with van der Waals surface area (Å²) in [6, 6.07) is 7.08. The first-order chi connectivity index (χ1) is 13.1. The van der Waals surface area contributed by atoms with Gasteiger partial charge in [0.05, 0.1) is 26.1 Å². The van der Waals surface area contributed by atoms with Gasteiger partial charge in [0.1, 0.15) is 11.8 Å².